The van der Waals surface area contributed by atoms with E-state index < -0.39 is 39.1 Å². The zero-order valence-electron chi connectivity index (χ0n) is 17.1. The van der Waals surface area contributed by atoms with E-state index in [0.29, 0.717) is 6.42 Å². The molecule has 0 radical (unpaired) electrons. The Labute approximate surface area is 177 Å². The van der Waals surface area contributed by atoms with Gasteiger partial charge in [0, 0.05) is 12.3 Å². The number of hydrogen-bond acceptors (Lipinski definition) is 7. The summed E-state index contributed by atoms with van der Waals surface area (Å²) < 4.78 is 19.9. The van der Waals surface area contributed by atoms with E-state index in [-0.39, 0.29) is 6.42 Å². The lowest BCUT2D eigenvalue weighted by atomic mass is 10.1. The van der Waals surface area contributed by atoms with Gasteiger partial charge < -0.3 is 14.5 Å². The van der Waals surface area contributed by atoms with E-state index in [4.69, 9.17) is 19.4 Å². The highest BCUT2D eigenvalue weighted by Crippen LogP contribution is 2.35. The third kappa shape index (κ3) is 19.0. The van der Waals surface area contributed by atoms with Gasteiger partial charge in [-0.05, 0) is 37.0 Å². The first-order valence-electron chi connectivity index (χ1n) is 9.44. The van der Waals surface area contributed by atoms with E-state index in [9.17, 15) is 14.2 Å². The Balaban J connectivity index is 4.44. The van der Waals surface area contributed by atoms with Gasteiger partial charge in [-0.3, -0.25) is 9.41 Å². The van der Waals surface area contributed by atoms with E-state index >= 15 is 0 Å². The minimum Gasteiger partial charge on any atom is -0.453 e. The average Bonchev–Trinajstić information content (AvgIpc) is 2.69. The molecule has 0 spiro atoms. The molecule has 30 heavy (non-hydrogen) atoms. The van der Waals surface area contributed by atoms with E-state index in [2.05, 4.69) is 51.9 Å². The summed E-state index contributed by atoms with van der Waals surface area (Å²) in [5, 5.41) is 0. The second kappa shape index (κ2) is 17.5. The Morgan fingerprint density at radius 1 is 0.967 bits per heavy atom. The molecule has 0 saturated carbocycles. The van der Waals surface area contributed by atoms with Crippen LogP contribution in [0.25, 0.3) is 0 Å². The van der Waals surface area contributed by atoms with Gasteiger partial charge in [-0.1, -0.05) is 44.9 Å². The normalized spacial score (nSPS) is 10.9. The van der Waals surface area contributed by atoms with Crippen LogP contribution in [0, 0.1) is 35.5 Å². The molecular weight excluding hydrogens is 415 g/mol. The number of phosphoric ester groups is 1. The van der Waals surface area contributed by atoms with Crippen LogP contribution in [0.3, 0.4) is 0 Å². The van der Waals surface area contributed by atoms with Crippen molar-refractivity contribution in [1.82, 2.24) is 0 Å². The van der Waals surface area contributed by atoms with Gasteiger partial charge >= 0.3 is 19.8 Å². The molecule has 0 rings (SSSR count). The number of unbranched alkanes of at least 4 members (excludes halogenated alkanes) is 5. The van der Waals surface area contributed by atoms with Crippen molar-refractivity contribution in [2.24, 2.45) is 0 Å². The Morgan fingerprint density at radius 3 is 2.30 bits per heavy atom. The van der Waals surface area contributed by atoms with Gasteiger partial charge in [0.25, 0.3) is 0 Å². The number of esters is 1. The first kappa shape index (κ1) is 27.7. The van der Waals surface area contributed by atoms with Crippen molar-refractivity contribution in [3.05, 3.63) is 0 Å². The van der Waals surface area contributed by atoms with Crippen molar-refractivity contribution in [2.45, 2.75) is 64.9 Å². The number of rotatable bonds is 14. The summed E-state index contributed by atoms with van der Waals surface area (Å²) in [5.41, 5.74) is 0. The van der Waals surface area contributed by atoms with Gasteiger partial charge in [0.2, 0.25) is 0 Å². The smallest absolute Gasteiger partial charge is 0.453 e. The van der Waals surface area contributed by atoms with Crippen LogP contribution in [0.1, 0.15) is 58.8 Å². The minimum atomic E-state index is -4.79. The van der Waals surface area contributed by atoms with Gasteiger partial charge in [0.15, 0.2) is 6.10 Å². The molecule has 0 aliphatic carbocycles. The summed E-state index contributed by atoms with van der Waals surface area (Å²) in [5.74, 6) is 12.3. The molecule has 0 unspecified atom stereocenters. The molecule has 0 fully saturated rings. The fourth-order valence-electron chi connectivity index (χ4n) is 1.91. The summed E-state index contributed by atoms with van der Waals surface area (Å²) in [6.45, 7) is 2.51. The van der Waals surface area contributed by atoms with Crippen molar-refractivity contribution < 1.29 is 43.0 Å². The molecule has 0 aromatic rings. The van der Waals surface area contributed by atoms with Gasteiger partial charge in [-0.2, -0.15) is 4.89 Å². The molecule has 10 heteroatoms. The standard InChI is InChI=1S/C20H27O9P/c1-3-5-7-9-11-13-15-20(22)29-28-18(17-27-30(23,24)25)16-26-19(21)14-12-10-8-6-4-2/h18H,3,5,7,9,11,13,15-17H2,1-2H3,(H2,23,24,25)/t18-/m1/s1. The molecule has 166 valence electrons. The van der Waals surface area contributed by atoms with E-state index in [1.54, 1.807) is 6.92 Å². The SMILES string of the molecule is CC#CC#CC#CC(=O)OC[C@H](COP(=O)(O)O)OOC(=O)CCCCCCCC. The first-order chi connectivity index (χ1) is 14.3. The molecule has 0 aliphatic rings. The number of carbonyl (C=O) groups excluding carboxylic acids is 2. The average molecular weight is 442 g/mol. The lowest BCUT2D eigenvalue weighted by Gasteiger charge is -2.16. The van der Waals surface area contributed by atoms with Crippen LogP contribution in [0.2, 0.25) is 0 Å². The van der Waals surface area contributed by atoms with Crippen molar-refractivity contribution in [1.29, 1.82) is 0 Å². The van der Waals surface area contributed by atoms with E-state index in [1.165, 1.54) is 0 Å². The third-order valence-electron chi connectivity index (χ3n) is 3.32. The molecule has 0 aliphatic heterocycles. The highest BCUT2D eigenvalue weighted by molar-refractivity contribution is 7.46. The summed E-state index contributed by atoms with van der Waals surface area (Å²) in [6, 6.07) is 0. The highest BCUT2D eigenvalue weighted by Gasteiger charge is 2.22. The van der Waals surface area contributed by atoms with Crippen molar-refractivity contribution in [3.63, 3.8) is 0 Å². The lowest BCUT2D eigenvalue weighted by Crippen LogP contribution is -2.28. The Kier molecular flexibility index (Phi) is 16.2. The summed E-state index contributed by atoms with van der Waals surface area (Å²) in [7, 11) is -4.79. The summed E-state index contributed by atoms with van der Waals surface area (Å²) in [6.07, 6.45) is 4.79. The summed E-state index contributed by atoms with van der Waals surface area (Å²) >= 11 is 0. The molecule has 0 bridgehead atoms. The molecular formula is C20H27O9P. The summed E-state index contributed by atoms with van der Waals surface area (Å²) in [4.78, 5) is 50.2. The fourth-order valence-corrected chi connectivity index (χ4v) is 2.27. The maximum absolute atomic E-state index is 11.7. The lowest BCUT2D eigenvalue weighted by molar-refractivity contribution is -0.306. The van der Waals surface area contributed by atoms with E-state index in [0.717, 1.165) is 32.1 Å². The molecule has 0 heterocycles. The predicted molar refractivity (Wildman–Crippen MR) is 107 cm³/mol. The quantitative estimate of drug-likeness (QED) is 0.0791. The topological polar surface area (TPSA) is 129 Å². The number of phosphoric acid groups is 1. The Morgan fingerprint density at radius 2 is 1.63 bits per heavy atom. The fraction of sp³-hybridized carbons (Fsp3) is 0.600. The van der Waals surface area contributed by atoms with Gasteiger partial charge in [-0.15, -0.1) is 0 Å². The maximum Gasteiger partial charge on any atom is 0.469 e. The van der Waals surface area contributed by atoms with Crippen LogP contribution < -0.4 is 0 Å². The van der Waals surface area contributed by atoms with Crippen molar-refractivity contribution >= 4 is 19.8 Å². The molecule has 0 aromatic heterocycles. The molecule has 9 nitrogen and oxygen atoms in total. The van der Waals surface area contributed by atoms with Crippen LogP contribution in [-0.4, -0.2) is 41.0 Å². The number of carbonyl (C=O) groups is 2. The molecule has 0 aromatic carbocycles. The van der Waals surface area contributed by atoms with Crippen LogP contribution in [-0.2, 0) is 33.2 Å². The van der Waals surface area contributed by atoms with E-state index in [1.807, 2.05) is 0 Å². The third-order valence-corrected chi connectivity index (χ3v) is 3.80. The minimum absolute atomic E-state index is 0.128. The highest BCUT2D eigenvalue weighted by atomic mass is 31.2. The zero-order chi connectivity index (χ0) is 22.7. The van der Waals surface area contributed by atoms with Gasteiger partial charge in [0.05, 0.1) is 6.61 Å². The zero-order valence-corrected chi connectivity index (χ0v) is 18.0. The monoisotopic (exact) mass is 442 g/mol. The number of ether oxygens (including phenoxy) is 1. The molecule has 0 amide bonds. The number of hydrogen-bond donors (Lipinski definition) is 2. The Bertz CT molecular complexity index is 752. The molecule has 2 N–H and O–H groups in total. The van der Waals surface area contributed by atoms with Crippen molar-refractivity contribution in [3.8, 4) is 35.5 Å². The van der Waals surface area contributed by atoms with Crippen LogP contribution >= 0.6 is 7.82 Å². The largest absolute Gasteiger partial charge is 0.469 e. The van der Waals surface area contributed by atoms with Crippen LogP contribution in [0.4, 0.5) is 0 Å². The Hall–Kier alpha value is -2.31. The van der Waals surface area contributed by atoms with Gasteiger partial charge in [0.1, 0.15) is 6.61 Å². The van der Waals surface area contributed by atoms with Crippen LogP contribution in [0.5, 0.6) is 0 Å². The second-order valence-electron chi connectivity index (χ2n) is 5.95. The first-order valence-corrected chi connectivity index (χ1v) is 11.0. The molecule has 1 atom stereocenters. The maximum atomic E-state index is 11.7. The predicted octanol–water partition coefficient (Wildman–Crippen LogP) is 2.26. The van der Waals surface area contributed by atoms with Crippen molar-refractivity contribution in [2.75, 3.05) is 13.2 Å². The molecule has 0 saturated heterocycles. The van der Waals surface area contributed by atoms with Gasteiger partial charge in [-0.25, -0.2) is 14.2 Å². The van der Waals surface area contributed by atoms with Crippen LogP contribution in [0.15, 0.2) is 0 Å². The second-order valence-corrected chi connectivity index (χ2v) is 7.19.